The van der Waals surface area contributed by atoms with E-state index < -0.39 is 21.9 Å². The van der Waals surface area contributed by atoms with Crippen molar-refractivity contribution < 1.29 is 22.7 Å². The van der Waals surface area contributed by atoms with Crippen molar-refractivity contribution >= 4 is 44.9 Å². The van der Waals surface area contributed by atoms with Crippen molar-refractivity contribution in [2.24, 2.45) is 0 Å². The van der Waals surface area contributed by atoms with Gasteiger partial charge in [-0.3, -0.25) is 9.52 Å². The third-order valence-corrected chi connectivity index (χ3v) is 6.64. The SMILES string of the molecule is COC(=O)c1cccc(NC(=O)c2ccc(Cl)c(S(=O)(=O)Nc3ccc(C)cc3)c2)c1C. The average molecular weight is 473 g/mol. The molecule has 0 spiro atoms. The summed E-state index contributed by atoms with van der Waals surface area (Å²) < 4.78 is 32.9. The number of nitrogens with one attached hydrogen (secondary N) is 2. The summed E-state index contributed by atoms with van der Waals surface area (Å²) in [7, 11) is -2.77. The Morgan fingerprint density at radius 2 is 1.66 bits per heavy atom. The standard InChI is InChI=1S/C23H21ClN2O5S/c1-14-7-10-17(11-8-14)26-32(29,30)21-13-16(9-12-19(21)24)22(27)25-20-6-4-5-18(15(20)2)23(28)31-3/h4-13,26H,1-3H3,(H,25,27). The number of ether oxygens (including phenoxy) is 1. The molecule has 3 aromatic carbocycles. The van der Waals surface area contributed by atoms with Gasteiger partial charge < -0.3 is 10.1 Å². The Labute approximate surface area is 191 Å². The minimum atomic E-state index is -4.04. The van der Waals surface area contributed by atoms with Gasteiger partial charge in [-0.1, -0.05) is 35.4 Å². The topological polar surface area (TPSA) is 102 Å². The van der Waals surface area contributed by atoms with Crippen molar-refractivity contribution in [3.63, 3.8) is 0 Å². The molecule has 0 aliphatic carbocycles. The number of hydrogen-bond acceptors (Lipinski definition) is 5. The lowest BCUT2D eigenvalue weighted by molar-refractivity contribution is 0.0599. The van der Waals surface area contributed by atoms with Crippen LogP contribution >= 0.6 is 11.6 Å². The molecule has 9 heteroatoms. The van der Waals surface area contributed by atoms with Gasteiger partial charge in [0, 0.05) is 16.9 Å². The fourth-order valence-corrected chi connectivity index (χ4v) is 4.56. The zero-order valence-corrected chi connectivity index (χ0v) is 19.2. The Bertz CT molecular complexity index is 1290. The molecular weight excluding hydrogens is 452 g/mol. The molecule has 32 heavy (non-hydrogen) atoms. The molecule has 0 radical (unpaired) electrons. The summed E-state index contributed by atoms with van der Waals surface area (Å²) in [5.74, 6) is -1.08. The van der Waals surface area contributed by atoms with Crippen molar-refractivity contribution in [2.45, 2.75) is 18.7 Å². The van der Waals surface area contributed by atoms with Gasteiger partial charge in [-0.2, -0.15) is 0 Å². The highest BCUT2D eigenvalue weighted by Crippen LogP contribution is 2.26. The highest BCUT2D eigenvalue weighted by Gasteiger charge is 2.21. The van der Waals surface area contributed by atoms with Gasteiger partial charge in [0.05, 0.1) is 17.7 Å². The van der Waals surface area contributed by atoms with Gasteiger partial charge in [-0.15, -0.1) is 0 Å². The smallest absolute Gasteiger partial charge is 0.338 e. The Morgan fingerprint density at radius 1 is 0.969 bits per heavy atom. The predicted octanol–water partition coefficient (Wildman–Crippen LogP) is 4.80. The Morgan fingerprint density at radius 3 is 2.31 bits per heavy atom. The number of aryl methyl sites for hydroxylation is 1. The van der Waals surface area contributed by atoms with E-state index in [0.717, 1.165) is 5.56 Å². The fraction of sp³-hybridized carbons (Fsp3) is 0.130. The van der Waals surface area contributed by atoms with Crippen molar-refractivity contribution in [1.29, 1.82) is 0 Å². The summed E-state index contributed by atoms with van der Waals surface area (Å²) >= 11 is 6.13. The summed E-state index contributed by atoms with van der Waals surface area (Å²) in [5.41, 5.74) is 2.67. The second-order valence-electron chi connectivity index (χ2n) is 7.04. The first-order valence-corrected chi connectivity index (χ1v) is 11.4. The third kappa shape index (κ3) is 5.09. The number of amides is 1. The molecule has 1 amide bonds. The maximum Gasteiger partial charge on any atom is 0.338 e. The minimum absolute atomic E-state index is 0.0231. The molecule has 0 aliphatic rings. The first kappa shape index (κ1) is 23.3. The Hall–Kier alpha value is -3.36. The van der Waals surface area contributed by atoms with Gasteiger partial charge in [0.25, 0.3) is 15.9 Å². The Balaban J connectivity index is 1.89. The van der Waals surface area contributed by atoms with Crippen LogP contribution in [0.2, 0.25) is 5.02 Å². The van der Waals surface area contributed by atoms with Gasteiger partial charge in [0.2, 0.25) is 0 Å². The molecule has 3 aromatic rings. The largest absolute Gasteiger partial charge is 0.465 e. The lowest BCUT2D eigenvalue weighted by Crippen LogP contribution is -2.17. The van der Waals surface area contributed by atoms with E-state index in [-0.39, 0.29) is 15.5 Å². The van der Waals surface area contributed by atoms with Crippen LogP contribution in [0.1, 0.15) is 31.8 Å². The van der Waals surface area contributed by atoms with E-state index in [2.05, 4.69) is 10.0 Å². The number of sulfonamides is 1. The van der Waals surface area contributed by atoms with E-state index in [1.807, 2.05) is 6.92 Å². The number of methoxy groups -OCH3 is 1. The molecule has 0 aromatic heterocycles. The summed E-state index contributed by atoms with van der Waals surface area (Å²) in [5, 5.41) is 2.67. The molecule has 0 atom stereocenters. The lowest BCUT2D eigenvalue weighted by atomic mass is 10.1. The summed E-state index contributed by atoms with van der Waals surface area (Å²) in [6.07, 6.45) is 0. The number of benzene rings is 3. The number of rotatable bonds is 6. The zero-order valence-electron chi connectivity index (χ0n) is 17.6. The fourth-order valence-electron chi connectivity index (χ4n) is 2.98. The van der Waals surface area contributed by atoms with Crippen molar-refractivity contribution in [3.05, 3.63) is 87.9 Å². The molecule has 0 aliphatic heterocycles. The molecule has 0 saturated heterocycles. The van der Waals surface area contributed by atoms with E-state index in [4.69, 9.17) is 16.3 Å². The summed E-state index contributed by atoms with van der Waals surface area (Å²) in [4.78, 5) is 24.5. The molecule has 2 N–H and O–H groups in total. The molecule has 0 fully saturated rings. The van der Waals surface area contributed by atoms with E-state index in [1.165, 1.54) is 25.3 Å². The van der Waals surface area contributed by atoms with Crippen LogP contribution in [0.5, 0.6) is 0 Å². The van der Waals surface area contributed by atoms with E-state index >= 15 is 0 Å². The van der Waals surface area contributed by atoms with Crippen LogP contribution in [0.25, 0.3) is 0 Å². The van der Waals surface area contributed by atoms with Crippen LogP contribution in [0.15, 0.2) is 65.6 Å². The maximum absolute atomic E-state index is 12.9. The van der Waals surface area contributed by atoms with Crippen LogP contribution in [0.3, 0.4) is 0 Å². The summed E-state index contributed by atoms with van der Waals surface area (Å²) in [6.45, 7) is 3.56. The van der Waals surface area contributed by atoms with E-state index in [1.54, 1.807) is 49.4 Å². The number of halogens is 1. The van der Waals surface area contributed by atoms with Crippen LogP contribution < -0.4 is 10.0 Å². The van der Waals surface area contributed by atoms with Crippen LogP contribution in [-0.2, 0) is 14.8 Å². The molecule has 0 heterocycles. The number of carbonyl (C=O) groups is 2. The van der Waals surface area contributed by atoms with Gasteiger partial charge in [-0.25, -0.2) is 13.2 Å². The van der Waals surface area contributed by atoms with Gasteiger partial charge in [-0.05, 0) is 61.9 Å². The first-order chi connectivity index (χ1) is 15.1. The molecular formula is C23H21ClN2O5S. The normalized spacial score (nSPS) is 11.0. The number of carbonyl (C=O) groups excluding carboxylic acids is 2. The molecule has 3 rings (SSSR count). The molecule has 0 saturated carbocycles. The van der Waals surface area contributed by atoms with E-state index in [0.29, 0.717) is 22.5 Å². The second kappa shape index (κ2) is 9.42. The lowest BCUT2D eigenvalue weighted by Gasteiger charge is -2.13. The van der Waals surface area contributed by atoms with Crippen LogP contribution in [-0.4, -0.2) is 27.4 Å². The predicted molar refractivity (Wildman–Crippen MR) is 124 cm³/mol. The van der Waals surface area contributed by atoms with Gasteiger partial charge in [0.1, 0.15) is 4.90 Å². The quantitative estimate of drug-likeness (QED) is 0.502. The minimum Gasteiger partial charge on any atom is -0.465 e. The monoisotopic (exact) mass is 472 g/mol. The zero-order chi connectivity index (χ0) is 23.5. The highest BCUT2D eigenvalue weighted by molar-refractivity contribution is 7.92. The third-order valence-electron chi connectivity index (χ3n) is 4.77. The van der Waals surface area contributed by atoms with Gasteiger partial charge >= 0.3 is 5.97 Å². The molecule has 166 valence electrons. The van der Waals surface area contributed by atoms with Crippen LogP contribution in [0, 0.1) is 13.8 Å². The van der Waals surface area contributed by atoms with Crippen molar-refractivity contribution in [3.8, 4) is 0 Å². The maximum atomic E-state index is 12.9. The second-order valence-corrected chi connectivity index (χ2v) is 9.10. The number of hydrogen-bond donors (Lipinski definition) is 2. The van der Waals surface area contributed by atoms with Crippen molar-refractivity contribution in [1.82, 2.24) is 0 Å². The Kier molecular flexibility index (Phi) is 6.86. The first-order valence-electron chi connectivity index (χ1n) is 9.50. The summed E-state index contributed by atoms with van der Waals surface area (Å²) in [6, 6.07) is 15.6. The van der Waals surface area contributed by atoms with Gasteiger partial charge in [0.15, 0.2) is 0 Å². The van der Waals surface area contributed by atoms with Crippen LogP contribution in [0.4, 0.5) is 11.4 Å². The molecule has 0 bridgehead atoms. The molecule has 7 nitrogen and oxygen atoms in total. The average Bonchev–Trinajstić information content (AvgIpc) is 2.76. The van der Waals surface area contributed by atoms with Crippen molar-refractivity contribution in [2.75, 3.05) is 17.1 Å². The highest BCUT2D eigenvalue weighted by atomic mass is 35.5. The number of anilines is 2. The molecule has 0 unspecified atom stereocenters. The number of esters is 1. The van der Waals surface area contributed by atoms with E-state index in [9.17, 15) is 18.0 Å².